The molecule has 0 aliphatic rings. The molecule has 2 rings (SSSR count). The quantitative estimate of drug-likeness (QED) is 0.910. The minimum Gasteiger partial charge on any atom is -0.493 e. The first-order chi connectivity index (χ1) is 11.0. The Bertz CT molecular complexity index is 769. The van der Waals surface area contributed by atoms with Crippen LogP contribution in [0.3, 0.4) is 0 Å². The fourth-order valence-corrected chi connectivity index (χ4v) is 2.19. The monoisotopic (exact) mass is 330 g/mol. The number of aryl methyl sites for hydroxylation is 1. The van der Waals surface area contributed by atoms with Gasteiger partial charge in [0.2, 0.25) is 0 Å². The number of ether oxygens (including phenoxy) is 2. The average Bonchev–Trinajstić information content (AvgIpc) is 2.55. The molecule has 0 radical (unpaired) electrons. The smallest absolute Gasteiger partial charge is 0.262 e. The maximum atomic E-state index is 12.0. The maximum Gasteiger partial charge on any atom is 0.262 e. The number of methoxy groups -OCH3 is 1. The number of carbonyl (C=O) groups is 1. The Labute approximate surface area is 139 Å². The molecule has 5 nitrogen and oxygen atoms in total. The van der Waals surface area contributed by atoms with Crippen molar-refractivity contribution < 1.29 is 14.3 Å². The minimum absolute atomic E-state index is 0.202. The summed E-state index contributed by atoms with van der Waals surface area (Å²) in [7, 11) is 1.47. The number of benzene rings is 2. The molecule has 0 spiro atoms. The van der Waals surface area contributed by atoms with E-state index >= 15 is 0 Å². The zero-order chi connectivity index (χ0) is 16.8. The molecule has 1 amide bonds. The van der Waals surface area contributed by atoms with Gasteiger partial charge in [-0.25, -0.2) is 0 Å². The summed E-state index contributed by atoms with van der Waals surface area (Å²) in [6.45, 7) is 1.71. The van der Waals surface area contributed by atoms with Gasteiger partial charge in [-0.3, -0.25) is 4.79 Å². The molecular weight excluding hydrogens is 316 g/mol. The van der Waals surface area contributed by atoms with Crippen molar-refractivity contribution in [1.82, 2.24) is 0 Å². The molecule has 0 aliphatic carbocycles. The highest BCUT2D eigenvalue weighted by Crippen LogP contribution is 2.28. The van der Waals surface area contributed by atoms with Gasteiger partial charge in [0.1, 0.15) is 0 Å². The second-order valence-electron chi connectivity index (χ2n) is 4.80. The number of rotatable bonds is 5. The van der Waals surface area contributed by atoms with E-state index in [9.17, 15) is 4.79 Å². The predicted molar refractivity (Wildman–Crippen MR) is 88.0 cm³/mol. The zero-order valence-electron chi connectivity index (χ0n) is 12.7. The molecule has 0 saturated carbocycles. The van der Waals surface area contributed by atoms with Crippen molar-refractivity contribution in [3.8, 4) is 17.6 Å². The van der Waals surface area contributed by atoms with E-state index in [2.05, 4.69) is 5.32 Å². The third kappa shape index (κ3) is 4.38. The van der Waals surface area contributed by atoms with Gasteiger partial charge in [-0.05, 0) is 36.8 Å². The summed E-state index contributed by atoms with van der Waals surface area (Å²) < 4.78 is 10.6. The number of amides is 1. The van der Waals surface area contributed by atoms with E-state index in [-0.39, 0.29) is 12.5 Å². The van der Waals surface area contributed by atoms with Gasteiger partial charge in [0.05, 0.1) is 29.5 Å². The van der Waals surface area contributed by atoms with E-state index in [1.54, 1.807) is 30.3 Å². The van der Waals surface area contributed by atoms with E-state index in [1.807, 2.05) is 19.1 Å². The summed E-state index contributed by atoms with van der Waals surface area (Å²) >= 11 is 6.07. The standard InChI is InChI=1S/C17H15ClN2O3/c1-11-3-5-14(13(18)7-11)20-17(21)10-23-15-6-4-12(9-19)8-16(15)22-2/h3-8H,10H2,1-2H3,(H,20,21). The topological polar surface area (TPSA) is 71.3 Å². The number of nitrogens with zero attached hydrogens (tertiary/aromatic N) is 1. The van der Waals surface area contributed by atoms with Gasteiger partial charge >= 0.3 is 0 Å². The molecule has 1 N–H and O–H groups in total. The molecule has 0 unspecified atom stereocenters. The lowest BCUT2D eigenvalue weighted by Gasteiger charge is -2.11. The van der Waals surface area contributed by atoms with Crippen LogP contribution in [0.4, 0.5) is 5.69 Å². The molecule has 23 heavy (non-hydrogen) atoms. The van der Waals surface area contributed by atoms with Crippen molar-refractivity contribution in [1.29, 1.82) is 5.26 Å². The molecule has 2 aromatic carbocycles. The summed E-state index contributed by atoms with van der Waals surface area (Å²) in [4.78, 5) is 12.0. The maximum absolute atomic E-state index is 12.0. The summed E-state index contributed by atoms with van der Waals surface area (Å²) in [5.74, 6) is 0.434. The highest BCUT2D eigenvalue weighted by atomic mass is 35.5. The van der Waals surface area contributed by atoms with Gasteiger partial charge in [0, 0.05) is 6.07 Å². The lowest BCUT2D eigenvalue weighted by atomic mass is 10.2. The normalized spacial score (nSPS) is 9.83. The minimum atomic E-state index is -0.345. The molecule has 0 bridgehead atoms. The second-order valence-corrected chi connectivity index (χ2v) is 5.20. The predicted octanol–water partition coefficient (Wildman–Crippen LogP) is 3.55. The summed E-state index contributed by atoms with van der Waals surface area (Å²) in [5.41, 5.74) is 1.98. The van der Waals surface area contributed by atoms with Crippen LogP contribution in [0.2, 0.25) is 5.02 Å². The summed E-state index contributed by atoms with van der Waals surface area (Å²) in [6, 6.07) is 12.1. The van der Waals surface area contributed by atoms with Gasteiger partial charge < -0.3 is 14.8 Å². The van der Waals surface area contributed by atoms with Crippen LogP contribution in [-0.4, -0.2) is 19.6 Å². The highest BCUT2D eigenvalue weighted by Gasteiger charge is 2.10. The Balaban J connectivity index is 2.00. The van der Waals surface area contributed by atoms with Crippen molar-refractivity contribution in [2.24, 2.45) is 0 Å². The van der Waals surface area contributed by atoms with Crippen molar-refractivity contribution in [3.63, 3.8) is 0 Å². The first-order valence-electron chi connectivity index (χ1n) is 6.80. The molecule has 0 heterocycles. The number of nitrogens with one attached hydrogen (secondary N) is 1. The Morgan fingerprint density at radius 2 is 2.04 bits per heavy atom. The summed E-state index contributed by atoms with van der Waals surface area (Å²) in [6.07, 6.45) is 0. The van der Waals surface area contributed by atoms with Crippen LogP contribution < -0.4 is 14.8 Å². The Morgan fingerprint density at radius 3 is 2.70 bits per heavy atom. The third-order valence-electron chi connectivity index (χ3n) is 3.05. The fourth-order valence-electron chi connectivity index (χ4n) is 1.91. The number of carbonyl (C=O) groups excluding carboxylic acids is 1. The molecule has 0 aliphatic heterocycles. The molecule has 0 fully saturated rings. The number of hydrogen-bond acceptors (Lipinski definition) is 4. The van der Waals surface area contributed by atoms with Crippen molar-refractivity contribution in [3.05, 3.63) is 52.5 Å². The largest absolute Gasteiger partial charge is 0.493 e. The highest BCUT2D eigenvalue weighted by molar-refractivity contribution is 6.33. The van der Waals surface area contributed by atoms with Crippen LogP contribution in [0.1, 0.15) is 11.1 Å². The Kier molecular flexibility index (Phi) is 5.45. The van der Waals surface area contributed by atoms with Crippen LogP contribution >= 0.6 is 11.6 Å². The number of anilines is 1. The van der Waals surface area contributed by atoms with Gasteiger partial charge in [0.15, 0.2) is 18.1 Å². The third-order valence-corrected chi connectivity index (χ3v) is 3.36. The molecule has 118 valence electrons. The van der Waals surface area contributed by atoms with Gasteiger partial charge in [-0.15, -0.1) is 0 Å². The van der Waals surface area contributed by atoms with Gasteiger partial charge in [-0.2, -0.15) is 5.26 Å². The van der Waals surface area contributed by atoms with E-state index < -0.39 is 0 Å². The zero-order valence-corrected chi connectivity index (χ0v) is 13.5. The lowest BCUT2D eigenvalue weighted by molar-refractivity contribution is -0.118. The van der Waals surface area contributed by atoms with Crippen molar-refractivity contribution in [2.45, 2.75) is 6.92 Å². The van der Waals surface area contributed by atoms with Gasteiger partial charge in [-0.1, -0.05) is 17.7 Å². The lowest BCUT2D eigenvalue weighted by Crippen LogP contribution is -2.20. The van der Waals surface area contributed by atoms with E-state index in [0.717, 1.165) is 5.56 Å². The fraction of sp³-hybridized carbons (Fsp3) is 0.176. The molecule has 0 atom stereocenters. The molecule has 0 aromatic heterocycles. The molecular formula is C17H15ClN2O3. The van der Waals surface area contributed by atoms with Crippen LogP contribution in [0.25, 0.3) is 0 Å². The Hall–Kier alpha value is -2.71. The summed E-state index contributed by atoms with van der Waals surface area (Å²) in [5, 5.41) is 12.0. The molecule has 6 heteroatoms. The van der Waals surface area contributed by atoms with Crippen LogP contribution in [-0.2, 0) is 4.79 Å². The molecule has 0 saturated heterocycles. The first kappa shape index (κ1) is 16.7. The first-order valence-corrected chi connectivity index (χ1v) is 7.18. The van der Waals surface area contributed by atoms with Crippen molar-refractivity contribution in [2.75, 3.05) is 19.0 Å². The van der Waals surface area contributed by atoms with E-state index in [0.29, 0.717) is 27.8 Å². The van der Waals surface area contributed by atoms with Crippen LogP contribution in [0.5, 0.6) is 11.5 Å². The number of nitriles is 1. The number of hydrogen-bond donors (Lipinski definition) is 1. The van der Waals surface area contributed by atoms with Gasteiger partial charge in [0.25, 0.3) is 5.91 Å². The van der Waals surface area contributed by atoms with Crippen molar-refractivity contribution >= 4 is 23.2 Å². The SMILES string of the molecule is COc1cc(C#N)ccc1OCC(=O)Nc1ccc(C)cc1Cl. The molecule has 2 aromatic rings. The average molecular weight is 331 g/mol. The second kappa shape index (κ2) is 7.52. The van der Waals surface area contributed by atoms with Crippen LogP contribution in [0, 0.1) is 18.3 Å². The number of halogens is 1. The Morgan fingerprint density at radius 1 is 1.26 bits per heavy atom. The van der Waals surface area contributed by atoms with Crippen LogP contribution in [0.15, 0.2) is 36.4 Å². The van der Waals surface area contributed by atoms with E-state index in [4.69, 9.17) is 26.3 Å². The van der Waals surface area contributed by atoms with E-state index in [1.165, 1.54) is 7.11 Å².